The predicted octanol–water partition coefficient (Wildman–Crippen LogP) is 2.17. The van der Waals surface area contributed by atoms with Crippen LogP contribution in [0.1, 0.15) is 5.56 Å². The largest absolute Gasteiger partial charge is 0.364 e. The maximum absolute atomic E-state index is 13.4. The standard InChI is InChI=1S/C11H11ClFN5/c12-8-6-16-11(18-14)17-10(8)15-5-7-3-1-2-4-9(7)13/h1-4,6H,5,14H2,(H2,15,16,17,18). The summed E-state index contributed by atoms with van der Waals surface area (Å²) >= 11 is 5.91. The molecule has 0 fully saturated rings. The summed E-state index contributed by atoms with van der Waals surface area (Å²) in [5.41, 5.74) is 2.83. The van der Waals surface area contributed by atoms with Crippen molar-refractivity contribution in [2.75, 3.05) is 10.7 Å². The molecule has 18 heavy (non-hydrogen) atoms. The van der Waals surface area contributed by atoms with Crippen molar-refractivity contribution in [2.45, 2.75) is 6.54 Å². The van der Waals surface area contributed by atoms with Crippen molar-refractivity contribution in [3.05, 3.63) is 46.9 Å². The zero-order valence-corrected chi connectivity index (χ0v) is 10.1. The van der Waals surface area contributed by atoms with Gasteiger partial charge in [0.2, 0.25) is 5.95 Å². The van der Waals surface area contributed by atoms with E-state index < -0.39 is 0 Å². The lowest BCUT2D eigenvalue weighted by atomic mass is 10.2. The van der Waals surface area contributed by atoms with Crippen LogP contribution in [-0.2, 0) is 6.54 Å². The van der Waals surface area contributed by atoms with Crippen LogP contribution in [0.25, 0.3) is 0 Å². The number of hydrazine groups is 1. The molecule has 4 N–H and O–H groups in total. The smallest absolute Gasteiger partial charge is 0.239 e. The SMILES string of the molecule is NNc1ncc(Cl)c(NCc2ccccc2F)n1. The Kier molecular flexibility index (Phi) is 3.91. The molecule has 94 valence electrons. The lowest BCUT2D eigenvalue weighted by molar-refractivity contribution is 0.613. The lowest BCUT2D eigenvalue weighted by Gasteiger charge is -2.09. The number of nitrogens with one attached hydrogen (secondary N) is 2. The van der Waals surface area contributed by atoms with Crippen LogP contribution in [0.3, 0.4) is 0 Å². The van der Waals surface area contributed by atoms with Crippen LogP contribution in [0.4, 0.5) is 16.2 Å². The van der Waals surface area contributed by atoms with Crippen molar-refractivity contribution < 1.29 is 4.39 Å². The molecule has 0 aliphatic carbocycles. The first-order valence-corrected chi connectivity index (χ1v) is 5.55. The molecule has 0 unspecified atom stereocenters. The van der Waals surface area contributed by atoms with E-state index >= 15 is 0 Å². The number of hydrogen-bond donors (Lipinski definition) is 3. The molecule has 0 saturated heterocycles. The first-order chi connectivity index (χ1) is 8.70. The Morgan fingerprint density at radius 2 is 2.11 bits per heavy atom. The van der Waals surface area contributed by atoms with E-state index in [1.165, 1.54) is 12.3 Å². The summed E-state index contributed by atoms with van der Waals surface area (Å²) in [6.45, 7) is 0.271. The van der Waals surface area contributed by atoms with Crippen molar-refractivity contribution in [3.63, 3.8) is 0 Å². The highest BCUT2D eigenvalue weighted by Crippen LogP contribution is 2.20. The highest BCUT2D eigenvalue weighted by atomic mass is 35.5. The maximum Gasteiger partial charge on any atom is 0.239 e. The molecule has 0 aliphatic heterocycles. The number of nitrogens with zero attached hydrogens (tertiary/aromatic N) is 2. The van der Waals surface area contributed by atoms with Crippen molar-refractivity contribution in [3.8, 4) is 0 Å². The van der Waals surface area contributed by atoms with Crippen molar-refractivity contribution in [1.82, 2.24) is 9.97 Å². The molecule has 0 amide bonds. The lowest BCUT2D eigenvalue weighted by Crippen LogP contribution is -2.12. The summed E-state index contributed by atoms with van der Waals surface area (Å²) in [6.07, 6.45) is 1.41. The molecule has 1 heterocycles. The number of aromatic nitrogens is 2. The second-order valence-electron chi connectivity index (χ2n) is 3.48. The fourth-order valence-electron chi connectivity index (χ4n) is 1.38. The predicted molar refractivity (Wildman–Crippen MR) is 68.6 cm³/mol. The Morgan fingerprint density at radius 3 is 2.83 bits per heavy atom. The van der Waals surface area contributed by atoms with Gasteiger partial charge in [-0.25, -0.2) is 15.2 Å². The fourth-order valence-corrected chi connectivity index (χ4v) is 1.54. The normalized spacial score (nSPS) is 10.2. The highest BCUT2D eigenvalue weighted by Gasteiger charge is 2.06. The average Bonchev–Trinajstić information content (AvgIpc) is 2.39. The van der Waals surface area contributed by atoms with Gasteiger partial charge in [0, 0.05) is 12.1 Å². The van der Waals surface area contributed by atoms with Crippen LogP contribution in [0, 0.1) is 5.82 Å². The molecule has 0 saturated carbocycles. The van der Waals surface area contributed by atoms with E-state index in [0.717, 1.165) is 0 Å². The van der Waals surface area contributed by atoms with Crippen molar-refractivity contribution in [1.29, 1.82) is 0 Å². The fraction of sp³-hybridized carbons (Fsp3) is 0.0909. The van der Waals surface area contributed by atoms with Gasteiger partial charge in [-0.05, 0) is 6.07 Å². The minimum absolute atomic E-state index is 0.232. The molecule has 0 bridgehead atoms. The van der Waals surface area contributed by atoms with E-state index in [2.05, 4.69) is 20.7 Å². The summed E-state index contributed by atoms with van der Waals surface area (Å²) in [5, 5.41) is 3.26. The van der Waals surface area contributed by atoms with E-state index in [1.54, 1.807) is 18.2 Å². The van der Waals surface area contributed by atoms with E-state index in [9.17, 15) is 4.39 Å². The minimum Gasteiger partial charge on any atom is -0.364 e. The van der Waals surface area contributed by atoms with E-state index in [4.69, 9.17) is 17.4 Å². The molecule has 2 aromatic rings. The second kappa shape index (κ2) is 5.61. The van der Waals surface area contributed by atoms with Crippen molar-refractivity contribution in [2.24, 2.45) is 5.84 Å². The van der Waals surface area contributed by atoms with Crippen LogP contribution in [0.2, 0.25) is 5.02 Å². The molecule has 5 nitrogen and oxygen atoms in total. The Hall–Kier alpha value is -1.92. The second-order valence-corrected chi connectivity index (χ2v) is 3.89. The summed E-state index contributed by atoms with van der Waals surface area (Å²) in [6, 6.07) is 6.46. The van der Waals surface area contributed by atoms with Gasteiger partial charge in [0.25, 0.3) is 0 Å². The topological polar surface area (TPSA) is 75.9 Å². The van der Waals surface area contributed by atoms with Gasteiger partial charge in [0.1, 0.15) is 10.8 Å². The van der Waals surface area contributed by atoms with Gasteiger partial charge in [-0.3, -0.25) is 5.43 Å². The molecule has 0 atom stereocenters. The summed E-state index contributed by atoms with van der Waals surface area (Å²) < 4.78 is 13.4. The van der Waals surface area contributed by atoms with Crippen LogP contribution >= 0.6 is 11.6 Å². The van der Waals surface area contributed by atoms with Crippen molar-refractivity contribution >= 4 is 23.4 Å². The Bertz CT molecular complexity index is 549. The third-order valence-corrected chi connectivity index (χ3v) is 2.55. The molecule has 0 aliphatic rings. The number of benzene rings is 1. The van der Waals surface area contributed by atoms with Gasteiger partial charge in [-0.15, -0.1) is 0 Å². The number of anilines is 2. The molecule has 7 heteroatoms. The first kappa shape index (κ1) is 12.5. The number of hydrogen-bond acceptors (Lipinski definition) is 5. The van der Waals surface area contributed by atoms with Crippen LogP contribution in [-0.4, -0.2) is 9.97 Å². The third-order valence-electron chi connectivity index (χ3n) is 2.28. The average molecular weight is 268 g/mol. The van der Waals surface area contributed by atoms with Crippen LogP contribution < -0.4 is 16.6 Å². The quantitative estimate of drug-likeness (QED) is 0.585. The molecular weight excluding hydrogens is 257 g/mol. The molecule has 0 radical (unpaired) electrons. The number of nitrogen functional groups attached to an aromatic ring is 1. The van der Waals surface area contributed by atoms with E-state index in [1.807, 2.05) is 0 Å². The molecule has 1 aromatic carbocycles. The zero-order valence-electron chi connectivity index (χ0n) is 9.32. The van der Waals surface area contributed by atoms with Gasteiger partial charge >= 0.3 is 0 Å². The Balaban J connectivity index is 2.13. The summed E-state index contributed by atoms with van der Waals surface area (Å²) in [7, 11) is 0. The minimum atomic E-state index is -0.285. The Morgan fingerprint density at radius 1 is 1.33 bits per heavy atom. The summed E-state index contributed by atoms with van der Waals surface area (Å²) in [5.74, 6) is 5.53. The number of halogens is 2. The zero-order chi connectivity index (χ0) is 13.0. The van der Waals surface area contributed by atoms with Gasteiger partial charge in [0.05, 0.1) is 6.20 Å². The number of nitrogens with two attached hydrogens (primary N) is 1. The third kappa shape index (κ3) is 2.85. The molecule has 0 spiro atoms. The van der Waals surface area contributed by atoms with Gasteiger partial charge in [0.15, 0.2) is 5.82 Å². The van der Waals surface area contributed by atoms with Gasteiger partial charge in [-0.2, -0.15) is 4.98 Å². The van der Waals surface area contributed by atoms with E-state index in [-0.39, 0.29) is 18.3 Å². The molecular formula is C11H11ClFN5. The van der Waals surface area contributed by atoms with Gasteiger partial charge in [-0.1, -0.05) is 29.8 Å². The van der Waals surface area contributed by atoms with Crippen LogP contribution in [0.5, 0.6) is 0 Å². The first-order valence-electron chi connectivity index (χ1n) is 5.17. The Labute approximate surface area is 108 Å². The number of rotatable bonds is 4. The van der Waals surface area contributed by atoms with Crippen LogP contribution in [0.15, 0.2) is 30.5 Å². The van der Waals surface area contributed by atoms with Gasteiger partial charge < -0.3 is 5.32 Å². The highest BCUT2D eigenvalue weighted by molar-refractivity contribution is 6.32. The molecule has 1 aromatic heterocycles. The maximum atomic E-state index is 13.4. The molecule has 2 rings (SSSR count). The summed E-state index contributed by atoms with van der Waals surface area (Å²) in [4.78, 5) is 7.86. The monoisotopic (exact) mass is 267 g/mol. The van der Waals surface area contributed by atoms with E-state index in [0.29, 0.717) is 16.4 Å².